The lowest BCUT2D eigenvalue weighted by atomic mass is 9.89. The van der Waals surface area contributed by atoms with Crippen LogP contribution in [0.3, 0.4) is 0 Å². The van der Waals surface area contributed by atoms with E-state index in [4.69, 9.17) is 15.2 Å². The molecule has 2 aromatic carbocycles. The van der Waals surface area contributed by atoms with Crippen LogP contribution in [0.25, 0.3) is 32.2 Å². The summed E-state index contributed by atoms with van der Waals surface area (Å²) in [5.74, 6) is -1.88. The molecule has 2 fully saturated rings. The number of alkyl halides is 3. The number of primary amides is 1. The van der Waals surface area contributed by atoms with Crippen molar-refractivity contribution in [1.29, 1.82) is 0 Å². The van der Waals surface area contributed by atoms with Crippen LogP contribution in [-0.2, 0) is 15.8 Å². The summed E-state index contributed by atoms with van der Waals surface area (Å²) in [6, 6.07) is 11.5. The molecule has 0 bridgehead atoms. The number of aromatic nitrogens is 2. The number of nitrogens with one attached hydrogen (secondary N) is 1. The van der Waals surface area contributed by atoms with Crippen LogP contribution in [0, 0.1) is 5.82 Å². The third-order valence-electron chi connectivity index (χ3n) is 9.00. The maximum absolute atomic E-state index is 14.9. The highest BCUT2D eigenvalue weighted by molar-refractivity contribution is 7.17. The van der Waals surface area contributed by atoms with Gasteiger partial charge in [-0.1, -0.05) is 18.2 Å². The summed E-state index contributed by atoms with van der Waals surface area (Å²) in [6.07, 6.45) is -2.74. The first kappa shape index (κ1) is 29.6. The third kappa shape index (κ3) is 4.53. The Labute approximate surface area is 267 Å². The fourth-order valence-electron chi connectivity index (χ4n) is 6.17. The van der Waals surface area contributed by atoms with Gasteiger partial charge in [-0.2, -0.15) is 13.2 Å². The van der Waals surface area contributed by atoms with Crippen molar-refractivity contribution < 1.29 is 41.7 Å². The zero-order valence-electron chi connectivity index (χ0n) is 24.2. The molecule has 4 N–H and O–H groups in total. The van der Waals surface area contributed by atoms with E-state index in [-0.39, 0.29) is 45.4 Å². The van der Waals surface area contributed by atoms with Crippen molar-refractivity contribution in [3.05, 3.63) is 82.7 Å². The van der Waals surface area contributed by atoms with Crippen molar-refractivity contribution in [3.63, 3.8) is 0 Å². The van der Waals surface area contributed by atoms with E-state index in [2.05, 4.69) is 15.3 Å². The van der Waals surface area contributed by atoms with Gasteiger partial charge in [-0.25, -0.2) is 9.37 Å². The lowest BCUT2D eigenvalue weighted by Crippen LogP contribution is -2.51. The first-order chi connectivity index (χ1) is 22.4. The molecule has 3 aliphatic rings. The Bertz CT molecular complexity index is 2150. The van der Waals surface area contributed by atoms with Gasteiger partial charge in [-0.05, 0) is 43.2 Å². The van der Waals surface area contributed by atoms with E-state index < -0.39 is 53.2 Å². The van der Waals surface area contributed by atoms with Gasteiger partial charge < -0.3 is 25.6 Å². The molecular formula is C33H24F4N4O5S. The van der Waals surface area contributed by atoms with Crippen LogP contribution in [0.5, 0.6) is 11.5 Å². The molecule has 3 aromatic heterocycles. The summed E-state index contributed by atoms with van der Waals surface area (Å²) in [6.45, 7) is -1.32. The number of fused-ring (bicyclic) bond motifs is 5. The molecule has 4 heterocycles. The molecule has 0 spiro atoms. The molecule has 2 aliphatic carbocycles. The summed E-state index contributed by atoms with van der Waals surface area (Å²) in [5.41, 5.74) is 0.396. The molecule has 8 rings (SSSR count). The van der Waals surface area contributed by atoms with Crippen molar-refractivity contribution in [3.8, 4) is 22.8 Å². The van der Waals surface area contributed by atoms with Crippen LogP contribution in [-0.4, -0.2) is 51.8 Å². The van der Waals surface area contributed by atoms with Gasteiger partial charge in [-0.15, -0.1) is 11.3 Å². The zero-order valence-corrected chi connectivity index (χ0v) is 25.0. The van der Waals surface area contributed by atoms with Gasteiger partial charge in [-0.3, -0.25) is 14.6 Å². The molecule has 0 saturated heterocycles. The summed E-state index contributed by atoms with van der Waals surface area (Å²) in [5, 5.41) is 16.1. The van der Waals surface area contributed by atoms with Gasteiger partial charge >= 0.3 is 6.18 Å². The zero-order chi connectivity index (χ0) is 32.9. The van der Waals surface area contributed by atoms with E-state index in [0.717, 1.165) is 30.2 Å². The van der Waals surface area contributed by atoms with Gasteiger partial charge in [0.25, 0.3) is 5.91 Å². The number of nitrogens with zero attached hydrogens (tertiary/aromatic N) is 2. The maximum atomic E-state index is 14.9. The smallest absolute Gasteiger partial charge is 0.424 e. The molecule has 3 atom stereocenters. The lowest BCUT2D eigenvalue weighted by molar-refractivity contribution is -0.265. The largest absolute Gasteiger partial charge is 0.488 e. The topological polar surface area (TPSA) is 137 Å². The molecule has 9 nitrogen and oxygen atoms in total. The highest BCUT2D eigenvalue weighted by Gasteiger charge is 2.69. The first-order valence-electron chi connectivity index (χ1n) is 14.7. The van der Waals surface area contributed by atoms with Crippen molar-refractivity contribution in [2.45, 2.75) is 48.7 Å². The van der Waals surface area contributed by atoms with Crippen molar-refractivity contribution in [2.24, 2.45) is 5.73 Å². The SMILES string of the molecule is NC(=O)[C@@]12CC1Oc1c2cc(C(O)(CNC(=O)c2cc(OC3CC3)c3ncccc3c2)C(F)(F)F)nc1-c1csc2c(F)cccc12. The number of rotatable bonds is 8. The molecule has 1 aliphatic heterocycles. The van der Waals surface area contributed by atoms with E-state index in [1.165, 1.54) is 29.6 Å². The number of aliphatic hydroxyl groups is 1. The van der Waals surface area contributed by atoms with E-state index in [1.54, 1.807) is 24.4 Å². The molecule has 5 aromatic rings. The normalized spacial score (nSPS) is 21.1. The van der Waals surface area contributed by atoms with Crippen LogP contribution in [0.15, 0.2) is 60.1 Å². The standard InChI is InChI=1S/C33H24F4N4O5S/c34-21-5-1-4-18-19(13-47-28(18)21)26-27-20(31(30(38)43)12-24(31)46-27)11-23(41-26)32(44,33(35,36)37)14-40-29(42)16-9-15-3-2-8-39-25(15)22(10-16)45-17-6-7-17/h1-5,8-11,13,17,24,44H,6-7,12,14H2,(H2,38,43)(H,40,42)/t24?,31-,32?/m1/s1. The van der Waals surface area contributed by atoms with Crippen LogP contribution in [0.4, 0.5) is 17.6 Å². The second-order valence-corrected chi connectivity index (χ2v) is 12.9. The van der Waals surface area contributed by atoms with Gasteiger partial charge in [0.05, 0.1) is 23.0 Å². The molecule has 0 radical (unpaired) electrons. The summed E-state index contributed by atoms with van der Waals surface area (Å²) in [4.78, 5) is 34.6. The fraction of sp³-hybridized carbons (Fsp3) is 0.273. The van der Waals surface area contributed by atoms with Crippen molar-refractivity contribution >= 4 is 44.1 Å². The quantitative estimate of drug-likeness (QED) is 0.193. The number of carbonyl (C=O) groups excluding carboxylic acids is 2. The highest BCUT2D eigenvalue weighted by Crippen LogP contribution is 2.62. The average Bonchev–Trinajstić information content (AvgIpc) is 3.93. The number of hydrogen-bond donors (Lipinski definition) is 3. The lowest BCUT2D eigenvalue weighted by Gasteiger charge is -2.31. The van der Waals surface area contributed by atoms with E-state index in [0.29, 0.717) is 22.0 Å². The van der Waals surface area contributed by atoms with Crippen LogP contribution >= 0.6 is 11.3 Å². The monoisotopic (exact) mass is 664 g/mol. The minimum atomic E-state index is -5.35. The number of ether oxygens (including phenoxy) is 2. The number of carbonyl (C=O) groups is 2. The van der Waals surface area contributed by atoms with Gasteiger partial charge in [0.15, 0.2) is 5.75 Å². The Morgan fingerprint density at radius 2 is 1.98 bits per heavy atom. The summed E-state index contributed by atoms with van der Waals surface area (Å²) >= 11 is 1.02. The Kier molecular flexibility index (Phi) is 6.35. The van der Waals surface area contributed by atoms with Gasteiger partial charge in [0, 0.05) is 45.5 Å². The predicted molar refractivity (Wildman–Crippen MR) is 163 cm³/mol. The average molecular weight is 665 g/mol. The third-order valence-corrected chi connectivity index (χ3v) is 10.0. The second-order valence-electron chi connectivity index (χ2n) is 12.1. The number of thiophene rings is 1. The molecule has 240 valence electrons. The molecule has 2 amide bonds. The molecular weight excluding hydrogens is 640 g/mol. The van der Waals surface area contributed by atoms with Gasteiger partial charge in [0.1, 0.15) is 34.3 Å². The Morgan fingerprint density at radius 3 is 2.72 bits per heavy atom. The minimum absolute atomic E-state index is 0.00180. The Hall–Kier alpha value is -4.82. The minimum Gasteiger partial charge on any atom is -0.488 e. The van der Waals surface area contributed by atoms with E-state index >= 15 is 0 Å². The number of amides is 2. The molecule has 2 saturated carbocycles. The van der Waals surface area contributed by atoms with Crippen LogP contribution in [0.2, 0.25) is 0 Å². The van der Waals surface area contributed by atoms with E-state index in [1.807, 2.05) is 0 Å². The second kappa shape index (κ2) is 10.1. The predicted octanol–water partition coefficient (Wildman–Crippen LogP) is 5.26. The molecule has 47 heavy (non-hydrogen) atoms. The van der Waals surface area contributed by atoms with Crippen LogP contribution < -0.4 is 20.5 Å². The fourth-order valence-corrected chi connectivity index (χ4v) is 7.13. The number of benzene rings is 2. The first-order valence-corrected chi connectivity index (χ1v) is 15.6. The van der Waals surface area contributed by atoms with Gasteiger partial charge in [0.2, 0.25) is 11.5 Å². The maximum Gasteiger partial charge on any atom is 0.424 e. The number of nitrogens with two attached hydrogens (primary N) is 1. The highest BCUT2D eigenvalue weighted by atomic mass is 32.1. The molecule has 14 heteroatoms. The summed E-state index contributed by atoms with van der Waals surface area (Å²) in [7, 11) is 0. The van der Waals surface area contributed by atoms with Crippen LogP contribution in [0.1, 0.15) is 40.9 Å². The molecule has 2 unspecified atom stereocenters. The number of pyridine rings is 2. The summed E-state index contributed by atoms with van der Waals surface area (Å²) < 4.78 is 71.5. The number of halogens is 4. The number of hydrogen-bond acceptors (Lipinski definition) is 8. The Morgan fingerprint density at radius 1 is 1.17 bits per heavy atom. The van der Waals surface area contributed by atoms with E-state index in [9.17, 15) is 32.3 Å². The Balaban J connectivity index is 1.21. The van der Waals surface area contributed by atoms with Crippen molar-refractivity contribution in [2.75, 3.05) is 6.54 Å². The van der Waals surface area contributed by atoms with Crippen molar-refractivity contribution in [1.82, 2.24) is 15.3 Å².